The monoisotopic (exact) mass is 641 g/mol. The molecule has 0 spiro atoms. The molecule has 0 aliphatic rings. The van der Waals surface area contributed by atoms with Crippen molar-refractivity contribution in [3.05, 3.63) is 133 Å². The number of esters is 1. The lowest BCUT2D eigenvalue weighted by Crippen LogP contribution is -2.43. The zero-order chi connectivity index (χ0) is 33.9. The first kappa shape index (κ1) is 36.3. The first-order valence-corrected chi connectivity index (χ1v) is 15.5. The zero-order valence-electron chi connectivity index (χ0n) is 26.5. The third-order valence-corrected chi connectivity index (χ3v) is 7.28. The molecule has 10 heteroatoms. The van der Waals surface area contributed by atoms with E-state index < -0.39 is 36.0 Å². The van der Waals surface area contributed by atoms with E-state index in [2.05, 4.69) is 23.8 Å². The van der Waals surface area contributed by atoms with Crippen LogP contribution in [-0.4, -0.2) is 59.7 Å². The van der Waals surface area contributed by atoms with Crippen LogP contribution in [0.15, 0.2) is 116 Å². The molecule has 3 rings (SSSR count). The number of nitrogens with one attached hydrogen (secondary N) is 2. The Morgan fingerprint density at radius 1 is 0.787 bits per heavy atom. The quantitative estimate of drug-likeness (QED) is 0.126. The molecule has 0 aliphatic heterocycles. The van der Waals surface area contributed by atoms with E-state index in [1.165, 1.54) is 11.0 Å². The molecule has 3 N–H and O–H groups in total. The number of carbonyl (C=O) groups is 4. The van der Waals surface area contributed by atoms with Crippen LogP contribution in [0, 0.1) is 5.92 Å². The summed E-state index contributed by atoms with van der Waals surface area (Å²) in [6.07, 6.45) is 2.48. The third kappa shape index (κ3) is 12.6. The minimum absolute atomic E-state index is 0.0308. The van der Waals surface area contributed by atoms with E-state index in [0.29, 0.717) is 12.1 Å². The van der Waals surface area contributed by atoms with Crippen LogP contribution in [0.5, 0.6) is 0 Å². The molecule has 0 bridgehead atoms. The van der Waals surface area contributed by atoms with Gasteiger partial charge in [0.2, 0.25) is 11.8 Å². The first-order chi connectivity index (χ1) is 22.8. The van der Waals surface area contributed by atoms with Crippen molar-refractivity contribution in [1.82, 2.24) is 15.5 Å². The number of hydrogen-bond donors (Lipinski definition) is 3. The maximum absolute atomic E-state index is 13.6. The fourth-order valence-corrected chi connectivity index (χ4v) is 4.79. The zero-order valence-corrected chi connectivity index (χ0v) is 26.5. The van der Waals surface area contributed by atoms with Gasteiger partial charge in [-0.3, -0.25) is 9.59 Å². The van der Waals surface area contributed by atoms with Gasteiger partial charge >= 0.3 is 12.1 Å². The van der Waals surface area contributed by atoms with Crippen molar-refractivity contribution >= 4 is 23.9 Å². The van der Waals surface area contributed by atoms with Crippen molar-refractivity contribution in [2.45, 2.75) is 44.5 Å². The Hall–Kier alpha value is -5.22. The van der Waals surface area contributed by atoms with Crippen molar-refractivity contribution in [1.29, 1.82) is 0 Å². The molecule has 0 unspecified atom stereocenters. The highest BCUT2D eigenvalue weighted by molar-refractivity contribution is 5.86. The number of hydrogen-bond acceptors (Lipinski definition) is 7. The lowest BCUT2D eigenvalue weighted by atomic mass is 9.97. The molecule has 3 aromatic carbocycles. The second kappa shape index (κ2) is 20.0. The Bertz CT molecular complexity index is 1430. The van der Waals surface area contributed by atoms with Crippen molar-refractivity contribution in [3.63, 3.8) is 0 Å². The Morgan fingerprint density at radius 3 is 1.98 bits per heavy atom. The third-order valence-electron chi connectivity index (χ3n) is 7.28. The molecule has 0 aromatic heterocycles. The summed E-state index contributed by atoms with van der Waals surface area (Å²) >= 11 is 0. The van der Waals surface area contributed by atoms with Gasteiger partial charge in [0.15, 0.2) is 0 Å². The van der Waals surface area contributed by atoms with E-state index in [4.69, 9.17) is 9.47 Å². The Labute approximate surface area is 276 Å². The van der Waals surface area contributed by atoms with Gasteiger partial charge in [-0.1, -0.05) is 103 Å². The topological polar surface area (TPSA) is 134 Å². The fraction of sp³-hybridized carbons (Fsp3) is 0.297. The van der Waals surface area contributed by atoms with Crippen LogP contribution in [-0.2, 0) is 37.0 Å². The van der Waals surface area contributed by atoms with Crippen molar-refractivity contribution < 1.29 is 33.8 Å². The minimum atomic E-state index is -1.06. The standard InChI is InChI=1S/C37H43N3O7/c1-3-14-31(24-34(42)40(22-23-41)25-28-16-8-5-9-17-28)35(43)38-33(30-20-12-7-13-21-30)27-46-36(44)32(15-4-2)39-37(45)47-26-29-18-10-6-11-19-29/h3-13,16-21,31-33,41H,1-2,14-15,22-27H2,(H,38,43)(H,39,45)/t31-,32-,33+/m1/s1. The molecule has 0 saturated carbocycles. The molecule has 3 amide bonds. The molecule has 3 atom stereocenters. The molecular formula is C37H43N3O7. The molecule has 0 radical (unpaired) electrons. The van der Waals surface area contributed by atoms with Gasteiger partial charge in [-0.2, -0.15) is 0 Å². The maximum atomic E-state index is 13.6. The molecule has 10 nitrogen and oxygen atoms in total. The van der Waals surface area contributed by atoms with Crippen molar-refractivity contribution in [2.75, 3.05) is 19.8 Å². The smallest absolute Gasteiger partial charge is 0.408 e. The van der Waals surface area contributed by atoms with E-state index in [0.717, 1.165) is 11.1 Å². The molecule has 3 aromatic rings. The fourth-order valence-electron chi connectivity index (χ4n) is 4.79. The van der Waals surface area contributed by atoms with E-state index in [-0.39, 0.29) is 51.5 Å². The summed E-state index contributed by atoms with van der Waals surface area (Å²) in [5, 5.41) is 15.0. The summed E-state index contributed by atoms with van der Waals surface area (Å²) in [5.74, 6) is -2.19. The number of alkyl carbamates (subject to hydrolysis) is 1. The van der Waals surface area contributed by atoms with Crippen LogP contribution in [0.4, 0.5) is 4.79 Å². The predicted molar refractivity (Wildman–Crippen MR) is 179 cm³/mol. The number of carbonyl (C=O) groups excluding carboxylic acids is 4. The summed E-state index contributed by atoms with van der Waals surface area (Å²) in [6, 6.07) is 25.7. The average Bonchev–Trinajstić information content (AvgIpc) is 3.09. The number of allylic oxidation sites excluding steroid dienone is 1. The van der Waals surface area contributed by atoms with E-state index in [1.54, 1.807) is 30.3 Å². The molecule has 0 aliphatic carbocycles. The van der Waals surface area contributed by atoms with Crippen LogP contribution < -0.4 is 10.6 Å². The van der Waals surface area contributed by atoms with Crippen LogP contribution in [0.3, 0.4) is 0 Å². The van der Waals surface area contributed by atoms with Crippen LogP contribution in [0.25, 0.3) is 0 Å². The number of rotatable bonds is 19. The normalized spacial score (nSPS) is 12.4. The number of benzene rings is 3. The Kier molecular flexibility index (Phi) is 15.4. The van der Waals surface area contributed by atoms with Crippen LogP contribution in [0.1, 0.15) is 42.0 Å². The number of amides is 3. The van der Waals surface area contributed by atoms with E-state index in [1.807, 2.05) is 66.7 Å². The van der Waals surface area contributed by atoms with Gasteiger partial charge in [0.05, 0.1) is 18.6 Å². The van der Waals surface area contributed by atoms with Crippen LogP contribution >= 0.6 is 0 Å². The highest BCUT2D eigenvalue weighted by Crippen LogP contribution is 2.19. The Balaban J connectivity index is 1.66. The lowest BCUT2D eigenvalue weighted by molar-refractivity contribution is -0.147. The van der Waals surface area contributed by atoms with Crippen molar-refractivity contribution in [2.24, 2.45) is 5.92 Å². The molecule has 0 saturated heterocycles. The maximum Gasteiger partial charge on any atom is 0.408 e. The summed E-state index contributed by atoms with van der Waals surface area (Å²) < 4.78 is 10.8. The van der Waals surface area contributed by atoms with Gasteiger partial charge in [0.1, 0.15) is 19.3 Å². The summed E-state index contributed by atoms with van der Waals surface area (Å²) in [6.45, 7) is 7.42. The summed E-state index contributed by atoms with van der Waals surface area (Å²) in [5.41, 5.74) is 2.37. The number of aliphatic hydroxyl groups is 1. The first-order valence-electron chi connectivity index (χ1n) is 15.5. The lowest BCUT2D eigenvalue weighted by Gasteiger charge is -2.26. The predicted octanol–water partition coefficient (Wildman–Crippen LogP) is 4.86. The highest BCUT2D eigenvalue weighted by atomic mass is 16.6. The number of aliphatic hydroxyl groups excluding tert-OH is 1. The van der Waals surface area contributed by atoms with Crippen LogP contribution in [0.2, 0.25) is 0 Å². The van der Waals surface area contributed by atoms with Gasteiger partial charge in [0, 0.05) is 19.5 Å². The molecule has 0 heterocycles. The molecule has 0 fully saturated rings. The number of ether oxygens (including phenoxy) is 2. The summed E-state index contributed by atoms with van der Waals surface area (Å²) in [4.78, 5) is 54.0. The SMILES string of the molecule is C=CC[C@H](CC(=O)N(CCO)Cc1ccccc1)C(=O)N[C@@H](COC(=O)[C@@H](CC=C)NC(=O)OCc1ccccc1)c1ccccc1. The van der Waals surface area contributed by atoms with Gasteiger partial charge in [-0.25, -0.2) is 9.59 Å². The average molecular weight is 642 g/mol. The molecule has 248 valence electrons. The summed E-state index contributed by atoms with van der Waals surface area (Å²) in [7, 11) is 0. The van der Waals surface area contributed by atoms with Gasteiger partial charge in [-0.05, 0) is 29.5 Å². The molecular weight excluding hydrogens is 598 g/mol. The van der Waals surface area contributed by atoms with Crippen molar-refractivity contribution in [3.8, 4) is 0 Å². The van der Waals surface area contributed by atoms with Gasteiger partial charge in [0.25, 0.3) is 0 Å². The largest absolute Gasteiger partial charge is 0.462 e. The van der Waals surface area contributed by atoms with Gasteiger partial charge < -0.3 is 30.1 Å². The second-order valence-corrected chi connectivity index (χ2v) is 10.8. The second-order valence-electron chi connectivity index (χ2n) is 10.8. The number of nitrogens with zero attached hydrogens (tertiary/aromatic N) is 1. The highest BCUT2D eigenvalue weighted by Gasteiger charge is 2.28. The minimum Gasteiger partial charge on any atom is -0.462 e. The molecule has 47 heavy (non-hydrogen) atoms. The van der Waals surface area contributed by atoms with E-state index in [9.17, 15) is 24.3 Å². The Morgan fingerprint density at radius 2 is 1.38 bits per heavy atom. The van der Waals surface area contributed by atoms with E-state index >= 15 is 0 Å². The van der Waals surface area contributed by atoms with Gasteiger partial charge in [-0.15, -0.1) is 13.2 Å².